The molecule has 0 aliphatic rings. The molecule has 0 heterocycles. The number of aliphatic hydroxyl groups excluding tert-OH is 1. The third-order valence-corrected chi connectivity index (χ3v) is 2.64. The molecule has 0 saturated heterocycles. The standard InChI is InChI=1S/C16H20FNO3/c1-2-21-11-5-9-18-16(20)15-12-14(17)8-7-13(15)6-3-4-10-19/h7-8,12,19H,2,4-5,9-11H2,1H3,(H,18,20). The van der Waals surface area contributed by atoms with Gasteiger partial charge in [-0.05, 0) is 31.5 Å². The van der Waals surface area contributed by atoms with Crippen molar-refractivity contribution in [2.45, 2.75) is 19.8 Å². The van der Waals surface area contributed by atoms with Gasteiger partial charge >= 0.3 is 0 Å². The van der Waals surface area contributed by atoms with Crippen LogP contribution in [0.5, 0.6) is 0 Å². The summed E-state index contributed by atoms with van der Waals surface area (Å²) in [6.07, 6.45) is 1.01. The third kappa shape index (κ3) is 6.39. The smallest absolute Gasteiger partial charge is 0.252 e. The molecule has 21 heavy (non-hydrogen) atoms. The minimum absolute atomic E-state index is 0.0485. The number of hydrogen-bond acceptors (Lipinski definition) is 3. The van der Waals surface area contributed by atoms with Crippen molar-refractivity contribution in [2.75, 3.05) is 26.4 Å². The van der Waals surface area contributed by atoms with Gasteiger partial charge in [-0.15, -0.1) is 0 Å². The number of carbonyl (C=O) groups excluding carboxylic acids is 1. The number of benzene rings is 1. The maximum absolute atomic E-state index is 13.3. The van der Waals surface area contributed by atoms with E-state index in [9.17, 15) is 9.18 Å². The number of carbonyl (C=O) groups is 1. The highest BCUT2D eigenvalue weighted by atomic mass is 19.1. The van der Waals surface area contributed by atoms with E-state index in [-0.39, 0.29) is 18.1 Å². The summed E-state index contributed by atoms with van der Waals surface area (Å²) in [6, 6.07) is 3.89. The topological polar surface area (TPSA) is 58.6 Å². The maximum atomic E-state index is 13.3. The molecular formula is C16H20FNO3. The van der Waals surface area contributed by atoms with Crippen molar-refractivity contribution in [3.8, 4) is 11.8 Å². The fourth-order valence-electron chi connectivity index (χ4n) is 1.64. The molecule has 0 aliphatic carbocycles. The molecule has 5 heteroatoms. The quantitative estimate of drug-likeness (QED) is 0.594. The van der Waals surface area contributed by atoms with Gasteiger partial charge in [-0.1, -0.05) is 11.8 Å². The fourth-order valence-corrected chi connectivity index (χ4v) is 1.64. The van der Waals surface area contributed by atoms with Crippen LogP contribution in [0, 0.1) is 17.7 Å². The summed E-state index contributed by atoms with van der Waals surface area (Å²) in [6.45, 7) is 3.53. The Morgan fingerprint density at radius 1 is 1.48 bits per heavy atom. The van der Waals surface area contributed by atoms with Gasteiger partial charge in [0.2, 0.25) is 0 Å². The summed E-state index contributed by atoms with van der Waals surface area (Å²) in [5, 5.41) is 11.4. The molecule has 0 atom stereocenters. The van der Waals surface area contributed by atoms with Crippen molar-refractivity contribution in [3.63, 3.8) is 0 Å². The molecule has 0 fully saturated rings. The Bertz CT molecular complexity index is 520. The van der Waals surface area contributed by atoms with E-state index < -0.39 is 5.82 Å². The first kappa shape index (κ1) is 17.2. The minimum atomic E-state index is -0.484. The first-order valence-electron chi connectivity index (χ1n) is 6.94. The summed E-state index contributed by atoms with van der Waals surface area (Å²) in [5.41, 5.74) is 0.656. The van der Waals surface area contributed by atoms with Crippen LogP contribution < -0.4 is 5.32 Å². The maximum Gasteiger partial charge on any atom is 0.252 e. The van der Waals surface area contributed by atoms with Crippen molar-refractivity contribution in [1.82, 2.24) is 5.32 Å². The molecule has 1 aromatic carbocycles. The first-order chi connectivity index (χ1) is 10.2. The second kappa shape index (κ2) is 9.92. The Morgan fingerprint density at radius 3 is 3.00 bits per heavy atom. The highest BCUT2D eigenvalue weighted by Crippen LogP contribution is 2.10. The number of amides is 1. The third-order valence-electron chi connectivity index (χ3n) is 2.64. The van der Waals surface area contributed by atoms with E-state index in [0.29, 0.717) is 38.2 Å². The zero-order chi connectivity index (χ0) is 15.5. The molecular weight excluding hydrogens is 273 g/mol. The average molecular weight is 293 g/mol. The first-order valence-corrected chi connectivity index (χ1v) is 6.94. The van der Waals surface area contributed by atoms with Gasteiger partial charge in [-0.25, -0.2) is 4.39 Å². The number of halogens is 1. The van der Waals surface area contributed by atoms with Gasteiger partial charge in [0.15, 0.2) is 0 Å². The van der Waals surface area contributed by atoms with Gasteiger partial charge in [0.1, 0.15) is 5.82 Å². The SMILES string of the molecule is CCOCCCNC(=O)c1cc(F)ccc1C#CCCO. The van der Waals surface area contributed by atoms with Crippen molar-refractivity contribution < 1.29 is 19.0 Å². The molecule has 0 radical (unpaired) electrons. The van der Waals surface area contributed by atoms with E-state index in [1.54, 1.807) is 0 Å². The Balaban J connectivity index is 2.69. The lowest BCUT2D eigenvalue weighted by Gasteiger charge is -2.07. The van der Waals surface area contributed by atoms with Crippen molar-refractivity contribution in [3.05, 3.63) is 35.1 Å². The largest absolute Gasteiger partial charge is 0.395 e. The number of hydrogen-bond donors (Lipinski definition) is 2. The highest BCUT2D eigenvalue weighted by molar-refractivity contribution is 5.96. The van der Waals surface area contributed by atoms with Gasteiger partial charge in [0, 0.05) is 31.7 Å². The van der Waals surface area contributed by atoms with Gasteiger partial charge in [0.25, 0.3) is 5.91 Å². The minimum Gasteiger partial charge on any atom is -0.395 e. The Morgan fingerprint density at radius 2 is 2.29 bits per heavy atom. The molecule has 0 saturated carbocycles. The molecule has 114 valence electrons. The predicted molar refractivity (Wildman–Crippen MR) is 78.4 cm³/mol. The van der Waals surface area contributed by atoms with Gasteiger partial charge in [-0.3, -0.25) is 4.79 Å². The van der Waals surface area contributed by atoms with Crippen LogP contribution in [0.3, 0.4) is 0 Å². The Labute approximate surface area is 124 Å². The molecule has 2 N–H and O–H groups in total. The van der Waals surface area contributed by atoms with E-state index in [4.69, 9.17) is 9.84 Å². The van der Waals surface area contributed by atoms with Crippen molar-refractivity contribution in [2.24, 2.45) is 0 Å². The van der Waals surface area contributed by atoms with Crippen LogP contribution in [0.25, 0.3) is 0 Å². The zero-order valence-corrected chi connectivity index (χ0v) is 12.1. The van der Waals surface area contributed by atoms with Crippen LogP contribution >= 0.6 is 0 Å². The van der Waals surface area contributed by atoms with E-state index in [0.717, 1.165) is 0 Å². The zero-order valence-electron chi connectivity index (χ0n) is 12.1. The molecule has 0 unspecified atom stereocenters. The van der Waals surface area contributed by atoms with Crippen LogP contribution in [0.15, 0.2) is 18.2 Å². The summed E-state index contributed by atoms with van der Waals surface area (Å²) < 4.78 is 18.5. The summed E-state index contributed by atoms with van der Waals surface area (Å²) in [4.78, 5) is 12.0. The van der Waals surface area contributed by atoms with Crippen molar-refractivity contribution in [1.29, 1.82) is 0 Å². The Hall–Kier alpha value is -1.90. The monoisotopic (exact) mass is 293 g/mol. The lowest BCUT2D eigenvalue weighted by Crippen LogP contribution is -2.26. The molecule has 1 rings (SSSR count). The molecule has 0 spiro atoms. The fraction of sp³-hybridized carbons (Fsp3) is 0.438. The molecule has 1 aromatic rings. The van der Waals surface area contributed by atoms with Crippen LogP contribution in [-0.2, 0) is 4.74 Å². The van der Waals surface area contributed by atoms with Crippen LogP contribution in [0.1, 0.15) is 35.7 Å². The second-order valence-corrected chi connectivity index (χ2v) is 4.27. The Kier molecular flexibility index (Phi) is 8.10. The van der Waals surface area contributed by atoms with E-state index in [1.807, 2.05) is 6.92 Å². The van der Waals surface area contributed by atoms with Gasteiger partial charge in [-0.2, -0.15) is 0 Å². The summed E-state index contributed by atoms with van der Waals surface area (Å²) >= 11 is 0. The lowest BCUT2D eigenvalue weighted by molar-refractivity contribution is 0.0943. The average Bonchev–Trinajstić information content (AvgIpc) is 2.48. The molecule has 1 amide bonds. The second-order valence-electron chi connectivity index (χ2n) is 4.27. The van der Waals surface area contributed by atoms with Gasteiger partial charge in [0.05, 0.1) is 12.2 Å². The van der Waals surface area contributed by atoms with E-state index in [1.165, 1.54) is 18.2 Å². The summed E-state index contributed by atoms with van der Waals surface area (Å²) in [5.74, 6) is 4.65. The van der Waals surface area contributed by atoms with Crippen LogP contribution in [0.4, 0.5) is 4.39 Å². The number of ether oxygens (including phenoxy) is 1. The van der Waals surface area contributed by atoms with Gasteiger partial charge < -0.3 is 15.2 Å². The van der Waals surface area contributed by atoms with Crippen LogP contribution in [0.2, 0.25) is 0 Å². The highest BCUT2D eigenvalue weighted by Gasteiger charge is 2.11. The van der Waals surface area contributed by atoms with E-state index >= 15 is 0 Å². The number of aliphatic hydroxyl groups is 1. The molecule has 0 bridgehead atoms. The summed E-state index contributed by atoms with van der Waals surface area (Å²) in [7, 11) is 0. The molecule has 4 nitrogen and oxygen atoms in total. The molecule has 0 aromatic heterocycles. The van der Waals surface area contributed by atoms with Crippen molar-refractivity contribution >= 4 is 5.91 Å². The lowest BCUT2D eigenvalue weighted by atomic mass is 10.1. The number of rotatable bonds is 7. The predicted octanol–water partition coefficient (Wildman–Crippen LogP) is 1.72. The van der Waals surface area contributed by atoms with Crippen LogP contribution in [-0.4, -0.2) is 37.4 Å². The normalized spacial score (nSPS) is 9.86. The molecule has 0 aliphatic heterocycles. The number of nitrogens with one attached hydrogen (secondary N) is 1. The van der Waals surface area contributed by atoms with E-state index in [2.05, 4.69) is 17.2 Å².